The SMILES string of the molecule is CNC(=O)[C@H]1CN(c2ccc3c(c2)OCC(=NOC)N3C(C)(C)C)C(=O)O1. The van der Waals surface area contributed by atoms with Gasteiger partial charge in [-0.3, -0.25) is 9.69 Å². The maximum absolute atomic E-state index is 12.2. The second-order valence-corrected chi connectivity index (χ2v) is 7.23. The number of anilines is 2. The van der Waals surface area contributed by atoms with E-state index in [4.69, 9.17) is 14.3 Å². The fraction of sp³-hybridized carbons (Fsp3) is 0.500. The Morgan fingerprint density at radius 3 is 2.74 bits per heavy atom. The molecule has 0 aromatic heterocycles. The van der Waals surface area contributed by atoms with Crippen LogP contribution in [0.2, 0.25) is 0 Å². The van der Waals surface area contributed by atoms with Gasteiger partial charge < -0.3 is 24.5 Å². The number of likely N-dealkylation sites (N-methyl/N-ethyl adjacent to an activating group) is 1. The Bertz CT molecular complexity index is 786. The van der Waals surface area contributed by atoms with Gasteiger partial charge in [0, 0.05) is 18.7 Å². The van der Waals surface area contributed by atoms with Gasteiger partial charge in [-0.05, 0) is 32.9 Å². The highest BCUT2D eigenvalue weighted by Crippen LogP contribution is 2.40. The number of carbonyl (C=O) groups is 2. The number of fused-ring (bicyclic) bond motifs is 1. The van der Waals surface area contributed by atoms with E-state index in [9.17, 15) is 9.59 Å². The molecule has 1 N–H and O–H groups in total. The highest BCUT2D eigenvalue weighted by Gasteiger charge is 2.38. The maximum Gasteiger partial charge on any atom is 0.415 e. The third-order valence-corrected chi connectivity index (χ3v) is 4.33. The second-order valence-electron chi connectivity index (χ2n) is 7.23. The number of nitrogens with zero attached hydrogens (tertiary/aromatic N) is 3. The fourth-order valence-corrected chi connectivity index (χ4v) is 3.21. The Labute approximate surface area is 157 Å². The lowest BCUT2D eigenvalue weighted by Crippen LogP contribution is -2.50. The third kappa shape index (κ3) is 3.49. The summed E-state index contributed by atoms with van der Waals surface area (Å²) in [5.41, 5.74) is 1.17. The molecule has 0 aliphatic carbocycles. The van der Waals surface area contributed by atoms with Crippen LogP contribution in [0.25, 0.3) is 0 Å². The molecule has 146 valence electrons. The lowest BCUT2D eigenvalue weighted by molar-refractivity contribution is -0.127. The van der Waals surface area contributed by atoms with Crippen molar-refractivity contribution in [2.24, 2.45) is 5.16 Å². The number of hydrogen-bond acceptors (Lipinski definition) is 6. The number of cyclic esters (lactones) is 1. The molecule has 0 bridgehead atoms. The first-order valence-corrected chi connectivity index (χ1v) is 8.63. The van der Waals surface area contributed by atoms with E-state index in [1.807, 2.05) is 11.0 Å². The normalized spacial score (nSPS) is 20.9. The highest BCUT2D eigenvalue weighted by molar-refractivity contribution is 6.03. The van der Waals surface area contributed by atoms with E-state index in [0.29, 0.717) is 17.3 Å². The first-order valence-electron chi connectivity index (χ1n) is 8.63. The number of amides is 2. The molecule has 9 nitrogen and oxygen atoms in total. The number of oxime groups is 1. The van der Waals surface area contributed by atoms with Crippen LogP contribution in [0.4, 0.5) is 16.2 Å². The van der Waals surface area contributed by atoms with Crippen molar-refractivity contribution in [3.8, 4) is 5.75 Å². The van der Waals surface area contributed by atoms with E-state index in [2.05, 4.69) is 31.2 Å². The van der Waals surface area contributed by atoms with E-state index < -0.39 is 12.2 Å². The summed E-state index contributed by atoms with van der Waals surface area (Å²) in [6.07, 6.45) is -1.39. The Kier molecular flexibility index (Phi) is 4.86. The number of amidine groups is 1. The zero-order valence-electron chi connectivity index (χ0n) is 16.1. The van der Waals surface area contributed by atoms with Crippen molar-refractivity contribution in [1.82, 2.24) is 5.32 Å². The Morgan fingerprint density at radius 2 is 2.11 bits per heavy atom. The van der Waals surface area contributed by atoms with Crippen molar-refractivity contribution in [3.63, 3.8) is 0 Å². The molecule has 1 atom stereocenters. The molecule has 0 saturated carbocycles. The largest absolute Gasteiger partial charge is 0.483 e. The lowest BCUT2D eigenvalue weighted by atomic mass is 10.0. The number of ether oxygens (including phenoxy) is 2. The number of rotatable bonds is 3. The molecule has 2 aliphatic heterocycles. The zero-order chi connectivity index (χ0) is 19.8. The molecule has 27 heavy (non-hydrogen) atoms. The first-order chi connectivity index (χ1) is 12.8. The molecule has 9 heteroatoms. The molecule has 0 unspecified atom stereocenters. The van der Waals surface area contributed by atoms with Crippen LogP contribution < -0.4 is 19.9 Å². The highest BCUT2D eigenvalue weighted by atomic mass is 16.6. The summed E-state index contributed by atoms with van der Waals surface area (Å²) in [6, 6.07) is 5.43. The van der Waals surface area contributed by atoms with Gasteiger partial charge in [0.15, 0.2) is 11.9 Å². The first kappa shape index (κ1) is 18.8. The van der Waals surface area contributed by atoms with Gasteiger partial charge in [-0.1, -0.05) is 5.16 Å². The van der Waals surface area contributed by atoms with E-state index in [1.54, 1.807) is 12.1 Å². The van der Waals surface area contributed by atoms with Crippen LogP contribution in [-0.2, 0) is 14.4 Å². The smallest absolute Gasteiger partial charge is 0.415 e. The molecule has 2 amide bonds. The monoisotopic (exact) mass is 376 g/mol. The maximum atomic E-state index is 12.2. The summed E-state index contributed by atoms with van der Waals surface area (Å²) in [5, 5.41) is 6.56. The Morgan fingerprint density at radius 1 is 1.37 bits per heavy atom. The van der Waals surface area contributed by atoms with Crippen LogP contribution in [0.1, 0.15) is 20.8 Å². The number of benzene rings is 1. The van der Waals surface area contributed by atoms with Crippen molar-refractivity contribution >= 4 is 29.2 Å². The molecule has 0 spiro atoms. The Balaban J connectivity index is 1.93. The van der Waals surface area contributed by atoms with Gasteiger partial charge in [-0.25, -0.2) is 4.79 Å². The van der Waals surface area contributed by atoms with Gasteiger partial charge in [0.1, 0.15) is 19.5 Å². The second kappa shape index (κ2) is 6.98. The minimum atomic E-state index is -0.828. The van der Waals surface area contributed by atoms with Crippen molar-refractivity contribution in [2.45, 2.75) is 32.4 Å². The molecule has 0 radical (unpaired) electrons. The molecule has 1 saturated heterocycles. The van der Waals surface area contributed by atoms with Gasteiger partial charge in [0.05, 0.1) is 17.9 Å². The van der Waals surface area contributed by atoms with Gasteiger partial charge in [-0.15, -0.1) is 0 Å². The fourth-order valence-electron chi connectivity index (χ4n) is 3.21. The standard InChI is InChI=1S/C18H24N4O5/c1-18(2,3)22-12-7-6-11(8-13(12)26-10-15(22)20-25-5)21-9-14(16(23)19-4)27-17(21)24/h6-8,14H,9-10H2,1-5H3,(H,19,23)/t14-/m1/s1. The van der Waals surface area contributed by atoms with Crippen LogP contribution in [0.5, 0.6) is 5.75 Å². The minimum Gasteiger partial charge on any atom is -0.483 e. The van der Waals surface area contributed by atoms with Crippen LogP contribution >= 0.6 is 0 Å². The summed E-state index contributed by atoms with van der Waals surface area (Å²) < 4.78 is 11.0. The topological polar surface area (TPSA) is 92.7 Å². The average Bonchev–Trinajstić information content (AvgIpc) is 3.01. The van der Waals surface area contributed by atoms with Crippen molar-refractivity contribution in [1.29, 1.82) is 0 Å². The molecule has 3 rings (SSSR count). The van der Waals surface area contributed by atoms with Crippen molar-refractivity contribution < 1.29 is 23.9 Å². The average molecular weight is 376 g/mol. The third-order valence-electron chi connectivity index (χ3n) is 4.33. The summed E-state index contributed by atoms with van der Waals surface area (Å²) in [5.74, 6) is 0.943. The van der Waals surface area contributed by atoms with Crippen LogP contribution in [0, 0.1) is 0 Å². The molecule has 1 aromatic carbocycles. The zero-order valence-corrected chi connectivity index (χ0v) is 16.1. The van der Waals surface area contributed by atoms with Gasteiger partial charge in [-0.2, -0.15) is 0 Å². The number of nitrogens with one attached hydrogen (secondary N) is 1. The van der Waals surface area contributed by atoms with E-state index >= 15 is 0 Å². The van der Waals surface area contributed by atoms with Gasteiger partial charge in [0.25, 0.3) is 5.91 Å². The molecular formula is C18H24N4O5. The molecule has 1 aromatic rings. The molecule has 1 fully saturated rings. The van der Waals surface area contributed by atoms with E-state index in [1.165, 1.54) is 19.1 Å². The summed E-state index contributed by atoms with van der Waals surface area (Å²) in [7, 11) is 3.00. The van der Waals surface area contributed by atoms with Crippen molar-refractivity contribution in [3.05, 3.63) is 18.2 Å². The Hall–Kier alpha value is -2.97. The number of hydrogen-bond donors (Lipinski definition) is 1. The minimum absolute atomic E-state index is 0.149. The van der Waals surface area contributed by atoms with E-state index in [0.717, 1.165) is 5.69 Å². The summed E-state index contributed by atoms with van der Waals surface area (Å²) >= 11 is 0. The van der Waals surface area contributed by atoms with Gasteiger partial charge >= 0.3 is 6.09 Å². The molecular weight excluding hydrogens is 352 g/mol. The molecule has 2 heterocycles. The number of carbonyl (C=O) groups excluding carboxylic acids is 2. The molecule has 2 aliphatic rings. The predicted octanol–water partition coefficient (Wildman–Crippen LogP) is 1.71. The lowest BCUT2D eigenvalue weighted by Gasteiger charge is -2.41. The quantitative estimate of drug-likeness (QED) is 0.808. The van der Waals surface area contributed by atoms with Gasteiger partial charge in [0.2, 0.25) is 0 Å². The van der Waals surface area contributed by atoms with Crippen LogP contribution in [0.15, 0.2) is 23.4 Å². The summed E-state index contributed by atoms with van der Waals surface area (Å²) in [4.78, 5) is 32.3. The van der Waals surface area contributed by atoms with Crippen molar-refractivity contribution in [2.75, 3.05) is 37.1 Å². The van der Waals surface area contributed by atoms with Crippen LogP contribution in [-0.4, -0.2) is 56.8 Å². The van der Waals surface area contributed by atoms with E-state index in [-0.39, 0.29) is 24.6 Å². The summed E-state index contributed by atoms with van der Waals surface area (Å²) in [6.45, 7) is 6.58. The van der Waals surface area contributed by atoms with Crippen LogP contribution in [0.3, 0.4) is 0 Å². The predicted molar refractivity (Wildman–Crippen MR) is 100 cm³/mol.